The van der Waals surface area contributed by atoms with Crippen LogP contribution in [0.25, 0.3) is 6.08 Å². The average Bonchev–Trinajstić information content (AvgIpc) is 3.09. The summed E-state index contributed by atoms with van der Waals surface area (Å²) < 4.78 is 5.23. The number of carbonyl (C=O) groups excluding carboxylic acids is 2. The molecule has 5 nitrogen and oxygen atoms in total. The number of ether oxygens (including phenoxy) is 1. The van der Waals surface area contributed by atoms with E-state index in [1.54, 1.807) is 61.7 Å². The monoisotopic (exact) mass is 411 g/mol. The van der Waals surface area contributed by atoms with Crippen LogP contribution in [0.1, 0.15) is 17.2 Å². The molecule has 1 N–H and O–H groups in total. The molecule has 154 valence electrons. The first-order valence-electron chi connectivity index (χ1n) is 9.83. The third-order valence-electron chi connectivity index (χ3n) is 5.17. The molecule has 0 spiro atoms. The van der Waals surface area contributed by atoms with Gasteiger partial charge in [-0.2, -0.15) is 0 Å². The molecule has 1 aliphatic rings. The standard InChI is InChI=1S/C26H21NO4/c1-31-21-15-13-19(14-16-21)24-23(22(28)17-12-18-8-4-2-5-9-18)25(29)26(30)27(24)20-10-6-3-7-11-20/h2-17,24,29H,1H3/b17-12+/t24-/m1/s1. The molecule has 1 amide bonds. The van der Waals surface area contributed by atoms with Crippen LogP contribution in [0.15, 0.2) is 102 Å². The molecule has 0 aromatic heterocycles. The van der Waals surface area contributed by atoms with Crippen molar-refractivity contribution >= 4 is 23.5 Å². The third kappa shape index (κ3) is 3.98. The van der Waals surface area contributed by atoms with Crippen LogP contribution in [-0.2, 0) is 9.59 Å². The van der Waals surface area contributed by atoms with Gasteiger partial charge < -0.3 is 9.84 Å². The van der Waals surface area contributed by atoms with Crippen LogP contribution in [-0.4, -0.2) is 23.9 Å². The summed E-state index contributed by atoms with van der Waals surface area (Å²) in [5.41, 5.74) is 2.18. The zero-order valence-corrected chi connectivity index (χ0v) is 16.9. The average molecular weight is 411 g/mol. The van der Waals surface area contributed by atoms with Crippen LogP contribution in [0.5, 0.6) is 5.75 Å². The Morgan fingerprint density at radius 1 is 0.935 bits per heavy atom. The van der Waals surface area contributed by atoms with Gasteiger partial charge in [0.15, 0.2) is 11.5 Å². The smallest absolute Gasteiger partial charge is 0.294 e. The molecule has 3 aromatic rings. The Morgan fingerprint density at radius 3 is 2.16 bits per heavy atom. The number of methoxy groups -OCH3 is 1. The Labute approximate surface area is 180 Å². The van der Waals surface area contributed by atoms with Gasteiger partial charge in [0.1, 0.15) is 5.75 Å². The van der Waals surface area contributed by atoms with Crippen LogP contribution < -0.4 is 9.64 Å². The third-order valence-corrected chi connectivity index (χ3v) is 5.17. The lowest BCUT2D eigenvalue weighted by Gasteiger charge is -2.26. The minimum absolute atomic E-state index is 0.0474. The van der Waals surface area contributed by atoms with Crippen LogP contribution >= 0.6 is 0 Å². The van der Waals surface area contributed by atoms with Crippen molar-refractivity contribution in [3.05, 3.63) is 113 Å². The number of amides is 1. The molecule has 0 saturated carbocycles. The lowest BCUT2D eigenvalue weighted by Crippen LogP contribution is -2.30. The molecule has 1 atom stereocenters. The molecule has 0 saturated heterocycles. The largest absolute Gasteiger partial charge is 0.503 e. The van der Waals surface area contributed by atoms with Gasteiger partial charge in [-0.05, 0) is 41.5 Å². The maximum absolute atomic E-state index is 13.2. The molecule has 0 aliphatic carbocycles. The highest BCUT2D eigenvalue weighted by Crippen LogP contribution is 2.41. The summed E-state index contributed by atoms with van der Waals surface area (Å²) in [7, 11) is 1.57. The highest BCUT2D eigenvalue weighted by atomic mass is 16.5. The van der Waals surface area contributed by atoms with E-state index in [2.05, 4.69) is 0 Å². The number of carbonyl (C=O) groups is 2. The van der Waals surface area contributed by atoms with Crippen molar-refractivity contribution in [3.8, 4) is 5.75 Å². The summed E-state index contributed by atoms with van der Waals surface area (Å²) in [6, 6.07) is 24.7. The van der Waals surface area contributed by atoms with E-state index in [9.17, 15) is 14.7 Å². The number of para-hydroxylation sites is 1. The molecule has 3 aromatic carbocycles. The van der Waals surface area contributed by atoms with Gasteiger partial charge >= 0.3 is 0 Å². The van der Waals surface area contributed by atoms with Gasteiger partial charge in [0.2, 0.25) is 0 Å². The van der Waals surface area contributed by atoms with Gasteiger partial charge in [0.25, 0.3) is 5.91 Å². The molecule has 0 radical (unpaired) electrons. The molecule has 4 rings (SSSR count). The topological polar surface area (TPSA) is 66.8 Å². The van der Waals surface area contributed by atoms with Crippen LogP contribution in [0.3, 0.4) is 0 Å². The van der Waals surface area contributed by atoms with Crippen LogP contribution in [0, 0.1) is 0 Å². The zero-order valence-electron chi connectivity index (χ0n) is 16.9. The Kier molecular flexibility index (Phi) is 5.67. The fraction of sp³-hybridized carbons (Fsp3) is 0.0769. The van der Waals surface area contributed by atoms with Crippen LogP contribution in [0.2, 0.25) is 0 Å². The minimum atomic E-state index is -0.756. The normalized spacial score (nSPS) is 16.2. The number of aliphatic hydroxyl groups is 1. The second-order valence-electron chi connectivity index (χ2n) is 7.06. The predicted molar refractivity (Wildman–Crippen MR) is 120 cm³/mol. The van der Waals surface area contributed by atoms with Gasteiger partial charge in [0.05, 0.1) is 18.7 Å². The maximum Gasteiger partial charge on any atom is 0.294 e. The quantitative estimate of drug-likeness (QED) is 0.587. The molecule has 0 bridgehead atoms. The van der Waals surface area contributed by atoms with E-state index in [-0.39, 0.29) is 5.57 Å². The number of benzene rings is 3. The summed E-state index contributed by atoms with van der Waals surface area (Å²) >= 11 is 0. The number of ketones is 1. The van der Waals surface area contributed by atoms with E-state index in [0.717, 1.165) is 5.56 Å². The van der Waals surface area contributed by atoms with Crippen LogP contribution in [0.4, 0.5) is 5.69 Å². The summed E-state index contributed by atoms with van der Waals surface area (Å²) in [5.74, 6) is -0.908. The number of rotatable bonds is 6. The molecular formula is C26H21NO4. The van der Waals surface area contributed by atoms with E-state index >= 15 is 0 Å². The van der Waals surface area contributed by atoms with Crippen molar-refractivity contribution < 1.29 is 19.4 Å². The number of anilines is 1. The second-order valence-corrected chi connectivity index (χ2v) is 7.06. The van der Waals surface area contributed by atoms with Crippen molar-refractivity contribution in [2.75, 3.05) is 12.0 Å². The first-order chi connectivity index (χ1) is 15.1. The highest BCUT2D eigenvalue weighted by Gasteiger charge is 2.43. The summed E-state index contributed by atoms with van der Waals surface area (Å²) in [6.07, 6.45) is 3.06. The fourth-order valence-electron chi connectivity index (χ4n) is 3.64. The Hall–Kier alpha value is -4.12. The number of nitrogens with zero attached hydrogens (tertiary/aromatic N) is 1. The molecular weight excluding hydrogens is 390 g/mol. The van der Waals surface area contributed by atoms with Crippen molar-refractivity contribution in [3.63, 3.8) is 0 Å². The number of hydrogen-bond acceptors (Lipinski definition) is 4. The molecule has 1 aliphatic heterocycles. The van der Waals surface area contributed by atoms with Gasteiger partial charge in [-0.1, -0.05) is 66.7 Å². The maximum atomic E-state index is 13.2. The molecule has 0 fully saturated rings. The Bertz CT molecular complexity index is 1150. The highest BCUT2D eigenvalue weighted by molar-refractivity contribution is 6.19. The van der Waals surface area contributed by atoms with Crippen molar-refractivity contribution in [1.82, 2.24) is 0 Å². The Morgan fingerprint density at radius 2 is 1.55 bits per heavy atom. The number of hydrogen-bond donors (Lipinski definition) is 1. The van der Waals surface area contributed by atoms with E-state index in [1.807, 2.05) is 36.4 Å². The zero-order chi connectivity index (χ0) is 21.8. The van der Waals surface area contributed by atoms with Gasteiger partial charge in [-0.25, -0.2) is 0 Å². The second kappa shape index (κ2) is 8.71. The minimum Gasteiger partial charge on any atom is -0.503 e. The van der Waals surface area contributed by atoms with E-state index in [1.165, 1.54) is 11.0 Å². The summed E-state index contributed by atoms with van der Waals surface area (Å²) in [5, 5.41) is 10.7. The van der Waals surface area contributed by atoms with Gasteiger partial charge in [-0.3, -0.25) is 14.5 Å². The van der Waals surface area contributed by atoms with Gasteiger partial charge in [0, 0.05) is 5.69 Å². The van der Waals surface area contributed by atoms with E-state index in [4.69, 9.17) is 4.74 Å². The molecule has 1 heterocycles. The number of allylic oxidation sites excluding steroid dienone is 1. The van der Waals surface area contributed by atoms with Crippen molar-refractivity contribution in [2.24, 2.45) is 0 Å². The first kappa shape index (κ1) is 20.2. The van der Waals surface area contributed by atoms with Gasteiger partial charge in [-0.15, -0.1) is 0 Å². The summed E-state index contributed by atoms with van der Waals surface area (Å²) in [6.45, 7) is 0. The molecule has 31 heavy (non-hydrogen) atoms. The van der Waals surface area contributed by atoms with Crippen molar-refractivity contribution in [1.29, 1.82) is 0 Å². The lowest BCUT2D eigenvalue weighted by atomic mass is 9.95. The lowest BCUT2D eigenvalue weighted by molar-refractivity contribution is -0.117. The Balaban J connectivity index is 1.77. The number of aliphatic hydroxyl groups excluding tert-OH is 1. The SMILES string of the molecule is COc1ccc([C@@H]2C(C(=O)/C=C/c3ccccc3)=C(O)C(=O)N2c2ccccc2)cc1. The van der Waals surface area contributed by atoms with E-state index in [0.29, 0.717) is 17.0 Å². The molecule has 5 heteroatoms. The van der Waals surface area contributed by atoms with Crippen molar-refractivity contribution in [2.45, 2.75) is 6.04 Å². The predicted octanol–water partition coefficient (Wildman–Crippen LogP) is 4.88. The summed E-state index contributed by atoms with van der Waals surface area (Å²) in [4.78, 5) is 27.6. The first-order valence-corrected chi connectivity index (χ1v) is 9.83. The molecule has 0 unspecified atom stereocenters. The van der Waals surface area contributed by atoms with E-state index < -0.39 is 23.5 Å². The fourth-order valence-corrected chi connectivity index (χ4v) is 3.64.